The number of rotatable bonds is 2. The lowest BCUT2D eigenvalue weighted by Crippen LogP contribution is -1.98. The molecule has 0 amide bonds. The van der Waals surface area contributed by atoms with Crippen LogP contribution < -0.4 is 0 Å². The Labute approximate surface area is 56.6 Å². The molecule has 0 radical (unpaired) electrons. The maximum absolute atomic E-state index is 8.94. The Hall–Kier alpha value is -0.450. The molecule has 3 nitrogen and oxygen atoms in total. The molecule has 1 unspecified atom stereocenters. The highest BCUT2D eigenvalue weighted by atomic mass is 32.1. The predicted octanol–water partition coefficient (Wildman–Crippen LogP) is 0.169. The molecule has 4 heteroatoms. The SMILES string of the molecule is OCC(O)c1cncs1. The number of nitrogens with zero attached hydrogens (tertiary/aromatic N) is 1. The van der Waals surface area contributed by atoms with Crippen LogP contribution in [0.15, 0.2) is 11.7 Å². The highest BCUT2D eigenvalue weighted by Gasteiger charge is 2.05. The first-order valence-electron chi connectivity index (χ1n) is 2.52. The van der Waals surface area contributed by atoms with Gasteiger partial charge in [0.2, 0.25) is 0 Å². The Morgan fingerprint density at radius 2 is 2.56 bits per heavy atom. The average Bonchev–Trinajstić information content (AvgIpc) is 2.37. The van der Waals surface area contributed by atoms with Crippen molar-refractivity contribution in [2.75, 3.05) is 6.61 Å². The fourth-order valence-electron chi connectivity index (χ4n) is 0.480. The molecule has 0 saturated carbocycles. The minimum Gasteiger partial charge on any atom is -0.393 e. The number of thiazole rings is 1. The summed E-state index contributed by atoms with van der Waals surface area (Å²) in [6.45, 7) is -0.234. The normalized spacial score (nSPS) is 13.6. The standard InChI is InChI=1S/C5H7NO2S/c7-2-4(8)5-1-6-3-9-5/h1,3-4,7-8H,2H2. The van der Waals surface area contributed by atoms with Crippen LogP contribution in [-0.2, 0) is 0 Å². The summed E-state index contributed by atoms with van der Waals surface area (Å²) < 4.78 is 0. The van der Waals surface area contributed by atoms with E-state index in [9.17, 15) is 0 Å². The van der Waals surface area contributed by atoms with Crippen molar-refractivity contribution in [3.8, 4) is 0 Å². The molecule has 1 atom stereocenters. The molecule has 1 aromatic rings. The van der Waals surface area contributed by atoms with Crippen LogP contribution in [0.5, 0.6) is 0 Å². The third-order valence-electron chi connectivity index (χ3n) is 0.953. The molecule has 0 aliphatic heterocycles. The van der Waals surface area contributed by atoms with Gasteiger partial charge in [-0.2, -0.15) is 0 Å². The van der Waals surface area contributed by atoms with E-state index < -0.39 is 6.10 Å². The minimum atomic E-state index is -0.752. The van der Waals surface area contributed by atoms with Gasteiger partial charge in [-0.1, -0.05) is 0 Å². The molecule has 0 aliphatic carbocycles. The van der Waals surface area contributed by atoms with Gasteiger partial charge in [0, 0.05) is 6.20 Å². The van der Waals surface area contributed by atoms with Crippen LogP contribution in [0.25, 0.3) is 0 Å². The van der Waals surface area contributed by atoms with Crippen LogP contribution in [-0.4, -0.2) is 21.8 Å². The second kappa shape index (κ2) is 2.91. The van der Waals surface area contributed by atoms with Gasteiger partial charge in [-0.25, -0.2) is 0 Å². The summed E-state index contributed by atoms with van der Waals surface area (Å²) in [4.78, 5) is 4.44. The lowest BCUT2D eigenvalue weighted by atomic mass is 10.3. The van der Waals surface area contributed by atoms with Crippen LogP contribution in [0.2, 0.25) is 0 Å². The predicted molar refractivity (Wildman–Crippen MR) is 34.2 cm³/mol. The fraction of sp³-hybridized carbons (Fsp3) is 0.400. The van der Waals surface area contributed by atoms with Crippen molar-refractivity contribution in [2.45, 2.75) is 6.10 Å². The minimum absolute atomic E-state index is 0.234. The van der Waals surface area contributed by atoms with E-state index in [1.54, 1.807) is 11.7 Å². The van der Waals surface area contributed by atoms with Crippen molar-refractivity contribution in [3.63, 3.8) is 0 Å². The molecule has 1 heterocycles. The van der Waals surface area contributed by atoms with Gasteiger partial charge >= 0.3 is 0 Å². The van der Waals surface area contributed by atoms with Gasteiger partial charge in [-0.3, -0.25) is 4.98 Å². The Morgan fingerprint density at radius 3 is 3.00 bits per heavy atom. The van der Waals surface area contributed by atoms with Crippen molar-refractivity contribution in [1.29, 1.82) is 0 Å². The smallest absolute Gasteiger partial charge is 0.113 e. The molecule has 9 heavy (non-hydrogen) atoms. The first kappa shape index (κ1) is 6.67. The van der Waals surface area contributed by atoms with Crippen LogP contribution in [0, 0.1) is 0 Å². The molecule has 0 fully saturated rings. The Bertz CT molecular complexity index is 163. The highest BCUT2D eigenvalue weighted by molar-refractivity contribution is 7.09. The summed E-state index contributed by atoms with van der Waals surface area (Å²) in [7, 11) is 0. The molecule has 0 saturated heterocycles. The topological polar surface area (TPSA) is 53.4 Å². The third-order valence-corrected chi connectivity index (χ3v) is 1.83. The first-order chi connectivity index (χ1) is 4.34. The zero-order valence-electron chi connectivity index (χ0n) is 4.69. The van der Waals surface area contributed by atoms with Crippen LogP contribution in [0.4, 0.5) is 0 Å². The van der Waals surface area contributed by atoms with E-state index in [1.807, 2.05) is 0 Å². The quantitative estimate of drug-likeness (QED) is 0.623. The van der Waals surface area contributed by atoms with E-state index in [0.717, 1.165) is 0 Å². The van der Waals surface area contributed by atoms with E-state index in [-0.39, 0.29) is 6.61 Å². The van der Waals surface area contributed by atoms with E-state index in [0.29, 0.717) is 4.88 Å². The first-order valence-corrected chi connectivity index (χ1v) is 3.40. The number of hydrogen-bond donors (Lipinski definition) is 2. The highest BCUT2D eigenvalue weighted by Crippen LogP contribution is 2.15. The molecular formula is C5H7NO2S. The Morgan fingerprint density at radius 1 is 1.78 bits per heavy atom. The lowest BCUT2D eigenvalue weighted by molar-refractivity contribution is 0.0982. The second-order valence-corrected chi connectivity index (χ2v) is 2.52. The third kappa shape index (κ3) is 1.48. The zero-order chi connectivity index (χ0) is 6.69. The Kier molecular flexibility index (Phi) is 2.16. The maximum atomic E-state index is 8.94. The summed E-state index contributed by atoms with van der Waals surface area (Å²) in [5.74, 6) is 0. The van der Waals surface area contributed by atoms with Crippen LogP contribution in [0.1, 0.15) is 11.0 Å². The van der Waals surface area contributed by atoms with E-state index in [2.05, 4.69) is 4.98 Å². The molecular weight excluding hydrogens is 138 g/mol. The summed E-state index contributed by atoms with van der Waals surface area (Å²) in [5.41, 5.74) is 1.62. The van der Waals surface area contributed by atoms with Crippen molar-refractivity contribution in [2.24, 2.45) is 0 Å². The van der Waals surface area contributed by atoms with Crippen molar-refractivity contribution in [3.05, 3.63) is 16.6 Å². The van der Waals surface area contributed by atoms with Crippen molar-refractivity contribution >= 4 is 11.3 Å². The fourth-order valence-corrected chi connectivity index (χ4v) is 1.08. The van der Waals surface area contributed by atoms with Gasteiger partial charge in [0.1, 0.15) is 6.10 Å². The molecule has 1 rings (SSSR count). The van der Waals surface area contributed by atoms with Crippen molar-refractivity contribution in [1.82, 2.24) is 4.98 Å². The number of hydrogen-bond acceptors (Lipinski definition) is 4. The molecule has 50 valence electrons. The monoisotopic (exact) mass is 145 g/mol. The van der Waals surface area contributed by atoms with Gasteiger partial charge in [-0.15, -0.1) is 11.3 Å². The number of aliphatic hydroxyl groups is 2. The molecule has 2 N–H and O–H groups in total. The molecule has 0 spiro atoms. The van der Waals surface area contributed by atoms with E-state index in [1.165, 1.54) is 11.3 Å². The number of aromatic nitrogens is 1. The van der Waals surface area contributed by atoms with E-state index in [4.69, 9.17) is 10.2 Å². The number of aliphatic hydroxyl groups excluding tert-OH is 2. The van der Waals surface area contributed by atoms with Gasteiger partial charge in [-0.05, 0) is 0 Å². The van der Waals surface area contributed by atoms with Crippen LogP contribution >= 0.6 is 11.3 Å². The zero-order valence-corrected chi connectivity index (χ0v) is 5.51. The molecule has 0 bridgehead atoms. The largest absolute Gasteiger partial charge is 0.393 e. The molecule has 0 aliphatic rings. The average molecular weight is 145 g/mol. The summed E-state index contributed by atoms with van der Waals surface area (Å²) >= 11 is 1.33. The van der Waals surface area contributed by atoms with Gasteiger partial charge in [0.05, 0.1) is 17.0 Å². The van der Waals surface area contributed by atoms with Crippen molar-refractivity contribution < 1.29 is 10.2 Å². The summed E-state index contributed by atoms with van der Waals surface area (Å²) in [6, 6.07) is 0. The van der Waals surface area contributed by atoms with Gasteiger partial charge in [0.25, 0.3) is 0 Å². The maximum Gasteiger partial charge on any atom is 0.113 e. The summed E-state index contributed by atoms with van der Waals surface area (Å²) in [6.07, 6.45) is 0.795. The second-order valence-electron chi connectivity index (χ2n) is 1.60. The van der Waals surface area contributed by atoms with Gasteiger partial charge < -0.3 is 10.2 Å². The summed E-state index contributed by atoms with van der Waals surface area (Å²) in [5, 5.41) is 17.4. The lowest BCUT2D eigenvalue weighted by Gasteiger charge is -1.99. The molecule has 1 aromatic heterocycles. The van der Waals surface area contributed by atoms with Crippen LogP contribution in [0.3, 0.4) is 0 Å². The molecule has 0 aromatic carbocycles. The van der Waals surface area contributed by atoms with Gasteiger partial charge in [0.15, 0.2) is 0 Å². The van der Waals surface area contributed by atoms with E-state index >= 15 is 0 Å². The Balaban J connectivity index is 2.65.